The van der Waals surface area contributed by atoms with Crippen LogP contribution in [-0.4, -0.2) is 25.8 Å². The average Bonchev–Trinajstić information content (AvgIpc) is 1.60. The van der Waals surface area contributed by atoms with Crippen molar-refractivity contribution in [1.82, 2.24) is 5.32 Å². The van der Waals surface area contributed by atoms with Gasteiger partial charge in [-0.3, -0.25) is 0 Å². The topological polar surface area (TPSA) is 21.3 Å². The van der Waals surface area contributed by atoms with Crippen LogP contribution >= 0.6 is 15.9 Å². The van der Waals surface area contributed by atoms with Gasteiger partial charge in [-0.05, 0) is 0 Å². The monoisotopic (exact) mass is 191 g/mol. The van der Waals surface area contributed by atoms with Gasteiger partial charge in [-0.2, -0.15) is 0 Å². The molecule has 0 aromatic carbocycles. The van der Waals surface area contributed by atoms with E-state index < -0.39 is 0 Å². The van der Waals surface area contributed by atoms with Crippen molar-refractivity contribution < 1.29 is 4.74 Å². The lowest BCUT2D eigenvalue weighted by atomic mass is 10.2. The van der Waals surface area contributed by atoms with Crippen molar-refractivity contribution >= 4 is 15.9 Å². The zero-order valence-electron chi connectivity index (χ0n) is 5.19. The van der Waals surface area contributed by atoms with Crippen LogP contribution in [0.5, 0.6) is 0 Å². The molecule has 1 aliphatic heterocycles. The second kappa shape index (κ2) is 3.34. The molecular weight excluding hydrogens is 182 g/mol. The molecule has 1 rings (SSSR count). The lowest BCUT2D eigenvalue weighted by Crippen LogP contribution is -2.46. The van der Waals surface area contributed by atoms with Crippen molar-refractivity contribution in [2.45, 2.75) is 6.04 Å². The smallest absolute Gasteiger partial charge is 0.0643 e. The normalized spacial score (nSPS) is 19.2. The molecule has 3 heteroatoms. The van der Waals surface area contributed by atoms with E-state index in [1.165, 1.54) is 0 Å². The van der Waals surface area contributed by atoms with Crippen LogP contribution in [0, 0.1) is 0 Å². The number of hydrogen-bond acceptors (Lipinski definition) is 2. The van der Waals surface area contributed by atoms with Crippen LogP contribution in [0.4, 0.5) is 0 Å². The molecule has 1 fully saturated rings. The Morgan fingerprint density at radius 3 is 2.78 bits per heavy atom. The minimum absolute atomic E-state index is 0.555. The third-order valence-corrected chi connectivity index (χ3v) is 1.50. The maximum Gasteiger partial charge on any atom is 0.0643 e. The summed E-state index contributed by atoms with van der Waals surface area (Å²) in [5, 5.41) is 3.25. The molecule has 0 amide bonds. The predicted molar refractivity (Wildman–Crippen MR) is 40.7 cm³/mol. The fourth-order valence-corrected chi connectivity index (χ4v) is 0.771. The van der Waals surface area contributed by atoms with Gasteiger partial charge in [0, 0.05) is 11.0 Å². The lowest BCUT2D eigenvalue weighted by Gasteiger charge is -2.26. The Bertz CT molecular complexity index is 112. The lowest BCUT2D eigenvalue weighted by molar-refractivity contribution is -0.00351. The molecule has 0 atom stereocenters. The molecule has 0 aliphatic carbocycles. The molecule has 2 nitrogen and oxygen atoms in total. The van der Waals surface area contributed by atoms with Gasteiger partial charge in [0.2, 0.25) is 0 Å². The van der Waals surface area contributed by atoms with E-state index in [1.54, 1.807) is 0 Å². The van der Waals surface area contributed by atoms with Crippen molar-refractivity contribution in [1.29, 1.82) is 0 Å². The molecule has 0 saturated carbocycles. The Hall–Kier alpha value is 0.140. The molecule has 0 aromatic rings. The summed E-state index contributed by atoms with van der Waals surface area (Å²) in [6, 6.07) is 0.555. The molecule has 0 spiro atoms. The third-order valence-electron chi connectivity index (χ3n) is 1.22. The summed E-state index contributed by atoms with van der Waals surface area (Å²) in [5.74, 6) is 0. The summed E-state index contributed by atoms with van der Waals surface area (Å²) in [4.78, 5) is 0. The van der Waals surface area contributed by atoms with Gasteiger partial charge < -0.3 is 10.1 Å². The molecule has 1 heterocycles. The number of rotatable bonds is 3. The second-order valence-corrected chi connectivity index (χ2v) is 3.25. The first-order chi connectivity index (χ1) is 4.29. The van der Waals surface area contributed by atoms with Crippen LogP contribution in [0.1, 0.15) is 0 Å². The molecule has 0 bridgehead atoms. The average molecular weight is 192 g/mol. The van der Waals surface area contributed by atoms with E-state index in [9.17, 15) is 0 Å². The molecule has 0 unspecified atom stereocenters. The Morgan fingerprint density at radius 2 is 2.44 bits per heavy atom. The van der Waals surface area contributed by atoms with E-state index in [2.05, 4.69) is 27.8 Å². The largest absolute Gasteiger partial charge is 0.378 e. The van der Waals surface area contributed by atoms with Gasteiger partial charge in [-0.25, -0.2) is 0 Å². The van der Waals surface area contributed by atoms with E-state index in [0.717, 1.165) is 24.2 Å². The van der Waals surface area contributed by atoms with Crippen LogP contribution < -0.4 is 5.32 Å². The van der Waals surface area contributed by atoms with Crippen LogP contribution in [0.25, 0.3) is 0 Å². The van der Waals surface area contributed by atoms with E-state index in [-0.39, 0.29) is 0 Å². The molecule has 0 aromatic heterocycles. The Labute approximate surface area is 63.4 Å². The number of halogens is 1. The van der Waals surface area contributed by atoms with Crippen molar-refractivity contribution in [3.05, 3.63) is 11.1 Å². The summed E-state index contributed by atoms with van der Waals surface area (Å²) in [6.45, 7) is 6.24. The highest BCUT2D eigenvalue weighted by Crippen LogP contribution is 2.02. The van der Waals surface area contributed by atoms with E-state index >= 15 is 0 Å². The van der Waals surface area contributed by atoms with Gasteiger partial charge in [-0.15, -0.1) is 0 Å². The molecular formula is C6H10BrNO. The minimum Gasteiger partial charge on any atom is -0.378 e. The standard InChI is InChI=1S/C6H10BrNO/c1-5(7)2-8-6-3-9-4-6/h6,8H,1-4H2. The fourth-order valence-electron chi connectivity index (χ4n) is 0.609. The summed E-state index contributed by atoms with van der Waals surface area (Å²) in [7, 11) is 0. The third kappa shape index (κ3) is 2.47. The number of hydrogen-bond donors (Lipinski definition) is 1. The van der Waals surface area contributed by atoms with E-state index in [0.29, 0.717) is 6.04 Å². The maximum absolute atomic E-state index is 4.96. The van der Waals surface area contributed by atoms with Gasteiger partial charge in [0.15, 0.2) is 0 Å². The first-order valence-electron chi connectivity index (χ1n) is 2.93. The summed E-state index contributed by atoms with van der Waals surface area (Å²) < 4.78 is 5.95. The Kier molecular flexibility index (Phi) is 2.69. The van der Waals surface area contributed by atoms with Crippen molar-refractivity contribution in [3.8, 4) is 0 Å². The van der Waals surface area contributed by atoms with Crippen molar-refractivity contribution in [2.75, 3.05) is 19.8 Å². The van der Waals surface area contributed by atoms with Crippen LogP contribution in [0.15, 0.2) is 11.1 Å². The molecule has 0 radical (unpaired) electrons. The summed E-state index contributed by atoms with van der Waals surface area (Å²) in [5.41, 5.74) is 0. The quantitative estimate of drug-likeness (QED) is 0.716. The number of nitrogens with one attached hydrogen (secondary N) is 1. The highest BCUT2D eigenvalue weighted by atomic mass is 79.9. The zero-order valence-corrected chi connectivity index (χ0v) is 6.78. The van der Waals surface area contributed by atoms with Crippen LogP contribution in [0.3, 0.4) is 0 Å². The molecule has 1 saturated heterocycles. The molecule has 1 N–H and O–H groups in total. The van der Waals surface area contributed by atoms with Gasteiger partial charge >= 0.3 is 0 Å². The first kappa shape index (κ1) is 7.25. The van der Waals surface area contributed by atoms with Crippen molar-refractivity contribution in [3.63, 3.8) is 0 Å². The SMILES string of the molecule is C=C(Br)CNC1COC1. The summed E-state index contributed by atoms with van der Waals surface area (Å²) >= 11 is 3.26. The molecule has 9 heavy (non-hydrogen) atoms. The Balaban J connectivity index is 1.97. The summed E-state index contributed by atoms with van der Waals surface area (Å²) in [6.07, 6.45) is 0. The minimum atomic E-state index is 0.555. The molecule has 52 valence electrons. The zero-order chi connectivity index (χ0) is 6.69. The predicted octanol–water partition coefficient (Wildman–Crippen LogP) is 0.883. The van der Waals surface area contributed by atoms with Crippen molar-refractivity contribution in [2.24, 2.45) is 0 Å². The van der Waals surface area contributed by atoms with E-state index in [1.807, 2.05) is 0 Å². The Morgan fingerprint density at radius 1 is 1.78 bits per heavy atom. The fraction of sp³-hybridized carbons (Fsp3) is 0.667. The van der Waals surface area contributed by atoms with Gasteiger partial charge in [-0.1, -0.05) is 22.5 Å². The first-order valence-corrected chi connectivity index (χ1v) is 3.73. The van der Waals surface area contributed by atoms with Gasteiger partial charge in [0.25, 0.3) is 0 Å². The van der Waals surface area contributed by atoms with Gasteiger partial charge in [0.1, 0.15) is 0 Å². The maximum atomic E-state index is 4.96. The highest BCUT2D eigenvalue weighted by Gasteiger charge is 2.16. The second-order valence-electron chi connectivity index (χ2n) is 2.13. The van der Waals surface area contributed by atoms with E-state index in [4.69, 9.17) is 4.74 Å². The molecule has 1 aliphatic rings. The highest BCUT2D eigenvalue weighted by molar-refractivity contribution is 9.11. The van der Waals surface area contributed by atoms with Crippen LogP contribution in [0.2, 0.25) is 0 Å². The van der Waals surface area contributed by atoms with Crippen LogP contribution in [-0.2, 0) is 4.74 Å². The van der Waals surface area contributed by atoms with Gasteiger partial charge in [0.05, 0.1) is 19.3 Å². The number of ether oxygens (including phenoxy) is 1.